The molecular formula is C13H27N. The molecule has 0 radical (unpaired) electrons. The Bertz CT molecular complexity index is 120. The van der Waals surface area contributed by atoms with Crippen LogP contribution in [-0.4, -0.2) is 13.6 Å². The summed E-state index contributed by atoms with van der Waals surface area (Å²) in [7, 11) is 2.03. The Balaban J connectivity index is 3.54. The highest BCUT2D eigenvalue weighted by molar-refractivity contribution is 4.70. The molecule has 0 aromatic carbocycles. The molecule has 0 rings (SSSR count). The van der Waals surface area contributed by atoms with Crippen molar-refractivity contribution in [2.75, 3.05) is 13.6 Å². The van der Waals surface area contributed by atoms with Crippen molar-refractivity contribution in [2.24, 2.45) is 5.92 Å². The lowest BCUT2D eigenvalue weighted by atomic mass is 9.92. The largest absolute Gasteiger partial charge is 0.320 e. The fourth-order valence-electron chi connectivity index (χ4n) is 1.85. The van der Waals surface area contributed by atoms with Crippen LogP contribution >= 0.6 is 0 Å². The van der Waals surface area contributed by atoms with Crippen molar-refractivity contribution in [2.45, 2.75) is 51.9 Å². The van der Waals surface area contributed by atoms with Crippen LogP contribution in [0.15, 0.2) is 12.7 Å². The highest BCUT2D eigenvalue weighted by Crippen LogP contribution is 2.20. The lowest BCUT2D eigenvalue weighted by Gasteiger charge is -2.15. The molecule has 0 aromatic heterocycles. The average Bonchev–Trinajstić information content (AvgIpc) is 2.21. The number of hydrogen-bond donors (Lipinski definition) is 1. The fourth-order valence-corrected chi connectivity index (χ4v) is 1.85. The molecule has 1 nitrogen and oxygen atoms in total. The summed E-state index contributed by atoms with van der Waals surface area (Å²) in [6.45, 7) is 7.24. The molecule has 1 N–H and O–H groups in total. The first kappa shape index (κ1) is 13.7. The molecule has 0 aliphatic carbocycles. The second-order valence-electron chi connectivity index (χ2n) is 4.12. The average molecular weight is 197 g/mol. The van der Waals surface area contributed by atoms with Crippen molar-refractivity contribution in [1.82, 2.24) is 5.32 Å². The van der Waals surface area contributed by atoms with E-state index in [1.807, 2.05) is 7.05 Å². The van der Waals surface area contributed by atoms with Crippen molar-refractivity contribution in [3.05, 3.63) is 12.7 Å². The van der Waals surface area contributed by atoms with E-state index in [0.29, 0.717) is 0 Å². The van der Waals surface area contributed by atoms with E-state index in [0.717, 1.165) is 12.5 Å². The van der Waals surface area contributed by atoms with Crippen LogP contribution < -0.4 is 5.32 Å². The third-order valence-electron chi connectivity index (χ3n) is 2.78. The summed E-state index contributed by atoms with van der Waals surface area (Å²) in [5.74, 6) is 0.932. The summed E-state index contributed by atoms with van der Waals surface area (Å²) >= 11 is 0. The van der Waals surface area contributed by atoms with Gasteiger partial charge in [0.1, 0.15) is 0 Å². The second kappa shape index (κ2) is 10.8. The highest BCUT2D eigenvalue weighted by atomic mass is 14.8. The van der Waals surface area contributed by atoms with Crippen molar-refractivity contribution in [1.29, 1.82) is 0 Å². The Morgan fingerprint density at radius 2 is 1.93 bits per heavy atom. The van der Waals surface area contributed by atoms with Gasteiger partial charge in [-0.05, 0) is 45.2 Å². The van der Waals surface area contributed by atoms with Gasteiger partial charge >= 0.3 is 0 Å². The first-order valence-electron chi connectivity index (χ1n) is 6.10. The van der Waals surface area contributed by atoms with Gasteiger partial charge in [-0.2, -0.15) is 0 Å². The Hall–Kier alpha value is -0.300. The topological polar surface area (TPSA) is 12.0 Å². The maximum absolute atomic E-state index is 3.80. The molecule has 14 heavy (non-hydrogen) atoms. The maximum atomic E-state index is 3.80. The summed E-state index contributed by atoms with van der Waals surface area (Å²) in [5, 5.41) is 3.22. The van der Waals surface area contributed by atoms with Crippen LogP contribution in [0.4, 0.5) is 0 Å². The molecule has 84 valence electrons. The normalized spacial score (nSPS) is 12.7. The first-order valence-corrected chi connectivity index (χ1v) is 6.10. The van der Waals surface area contributed by atoms with Gasteiger partial charge in [-0.1, -0.05) is 32.3 Å². The Labute approximate surface area is 90.0 Å². The van der Waals surface area contributed by atoms with E-state index in [1.165, 1.54) is 44.9 Å². The quantitative estimate of drug-likeness (QED) is 0.415. The minimum Gasteiger partial charge on any atom is -0.320 e. The summed E-state index contributed by atoms with van der Waals surface area (Å²) in [6.07, 6.45) is 11.4. The summed E-state index contributed by atoms with van der Waals surface area (Å²) in [6, 6.07) is 0. The molecule has 0 heterocycles. The molecule has 0 saturated carbocycles. The van der Waals surface area contributed by atoms with E-state index in [-0.39, 0.29) is 0 Å². The van der Waals surface area contributed by atoms with E-state index < -0.39 is 0 Å². The van der Waals surface area contributed by atoms with Gasteiger partial charge in [0.2, 0.25) is 0 Å². The molecule has 0 bridgehead atoms. The number of hydrogen-bond acceptors (Lipinski definition) is 1. The summed E-state index contributed by atoms with van der Waals surface area (Å²) in [5.41, 5.74) is 0. The van der Waals surface area contributed by atoms with Crippen LogP contribution in [0.25, 0.3) is 0 Å². The fraction of sp³-hybridized carbons (Fsp3) is 0.846. The molecule has 1 heteroatoms. The van der Waals surface area contributed by atoms with Crippen LogP contribution in [0, 0.1) is 5.92 Å². The monoisotopic (exact) mass is 197 g/mol. The molecule has 0 aliphatic heterocycles. The lowest BCUT2D eigenvalue weighted by Crippen LogP contribution is -2.10. The van der Waals surface area contributed by atoms with Crippen molar-refractivity contribution < 1.29 is 0 Å². The van der Waals surface area contributed by atoms with Crippen LogP contribution in [0.3, 0.4) is 0 Å². The SMILES string of the molecule is C=CCCC(CCCC)CCCNC. The third kappa shape index (κ3) is 8.31. The molecule has 0 aliphatic rings. The molecule has 0 spiro atoms. The van der Waals surface area contributed by atoms with Gasteiger partial charge in [0, 0.05) is 0 Å². The molecular weight excluding hydrogens is 170 g/mol. The number of unbranched alkanes of at least 4 members (excludes halogenated alkanes) is 1. The molecule has 0 saturated heterocycles. The van der Waals surface area contributed by atoms with Crippen molar-refractivity contribution in [3.8, 4) is 0 Å². The predicted molar refractivity (Wildman–Crippen MR) is 65.6 cm³/mol. The molecule has 1 unspecified atom stereocenters. The third-order valence-corrected chi connectivity index (χ3v) is 2.78. The minimum atomic E-state index is 0.932. The van der Waals surface area contributed by atoms with E-state index in [1.54, 1.807) is 0 Å². The van der Waals surface area contributed by atoms with Gasteiger partial charge in [0.15, 0.2) is 0 Å². The number of nitrogens with one attached hydrogen (secondary N) is 1. The standard InChI is InChI=1S/C13H27N/c1-4-6-9-13(10-7-5-2)11-8-12-14-3/h4,13-14H,1,5-12H2,2-3H3. The van der Waals surface area contributed by atoms with Gasteiger partial charge in [-0.3, -0.25) is 0 Å². The van der Waals surface area contributed by atoms with Crippen LogP contribution in [0.1, 0.15) is 51.9 Å². The molecule has 0 aromatic rings. The van der Waals surface area contributed by atoms with Crippen LogP contribution in [-0.2, 0) is 0 Å². The van der Waals surface area contributed by atoms with Gasteiger partial charge in [0.05, 0.1) is 0 Å². The van der Waals surface area contributed by atoms with E-state index in [4.69, 9.17) is 0 Å². The molecule has 1 atom stereocenters. The lowest BCUT2D eigenvalue weighted by molar-refractivity contribution is 0.396. The van der Waals surface area contributed by atoms with E-state index >= 15 is 0 Å². The smallest absolute Gasteiger partial charge is 0.00518 e. The Morgan fingerprint density at radius 3 is 2.50 bits per heavy atom. The Morgan fingerprint density at radius 1 is 1.21 bits per heavy atom. The second-order valence-corrected chi connectivity index (χ2v) is 4.12. The first-order chi connectivity index (χ1) is 6.85. The van der Waals surface area contributed by atoms with Gasteiger partial charge in [-0.25, -0.2) is 0 Å². The minimum absolute atomic E-state index is 0.932. The zero-order valence-corrected chi connectivity index (χ0v) is 10.0. The van der Waals surface area contributed by atoms with Gasteiger partial charge in [-0.15, -0.1) is 6.58 Å². The maximum Gasteiger partial charge on any atom is -0.00518 e. The van der Waals surface area contributed by atoms with Crippen molar-refractivity contribution in [3.63, 3.8) is 0 Å². The molecule has 0 amide bonds. The van der Waals surface area contributed by atoms with Crippen molar-refractivity contribution >= 4 is 0 Å². The summed E-state index contributed by atoms with van der Waals surface area (Å²) < 4.78 is 0. The number of allylic oxidation sites excluding steroid dienone is 1. The van der Waals surface area contributed by atoms with Gasteiger partial charge < -0.3 is 5.32 Å². The summed E-state index contributed by atoms with van der Waals surface area (Å²) in [4.78, 5) is 0. The Kier molecular flexibility index (Phi) is 10.5. The van der Waals surface area contributed by atoms with E-state index in [2.05, 4.69) is 24.9 Å². The van der Waals surface area contributed by atoms with Crippen LogP contribution in [0.2, 0.25) is 0 Å². The predicted octanol–water partition coefficient (Wildman–Crippen LogP) is 3.76. The zero-order valence-electron chi connectivity index (χ0n) is 10.0. The van der Waals surface area contributed by atoms with Gasteiger partial charge in [0.25, 0.3) is 0 Å². The zero-order chi connectivity index (χ0) is 10.6. The number of rotatable bonds is 10. The molecule has 0 fully saturated rings. The highest BCUT2D eigenvalue weighted by Gasteiger charge is 2.06. The van der Waals surface area contributed by atoms with E-state index in [9.17, 15) is 0 Å². The van der Waals surface area contributed by atoms with Crippen LogP contribution in [0.5, 0.6) is 0 Å².